The Morgan fingerprint density at radius 2 is 2.18 bits per heavy atom. The number of benzene rings is 1. The van der Waals surface area contributed by atoms with Crippen molar-refractivity contribution < 1.29 is 9.53 Å². The lowest BCUT2D eigenvalue weighted by Crippen LogP contribution is -2.57. The standard InChI is InChI=1S/C16H16BrN3O2/c1-11-4-2-5-12(8-11)19-16(21)20-9-13(10-20)22-15-14(17)6-3-7-18-15/h2-8,13H,9-10H2,1H3,(H,19,21). The third kappa shape index (κ3) is 3.39. The fourth-order valence-electron chi connectivity index (χ4n) is 2.22. The van der Waals surface area contributed by atoms with Crippen molar-refractivity contribution in [3.05, 3.63) is 52.6 Å². The number of aryl methyl sites for hydroxylation is 1. The average Bonchev–Trinajstić information content (AvgIpc) is 2.44. The van der Waals surface area contributed by atoms with E-state index in [-0.39, 0.29) is 12.1 Å². The van der Waals surface area contributed by atoms with Crippen LogP contribution in [0.1, 0.15) is 5.56 Å². The highest BCUT2D eigenvalue weighted by molar-refractivity contribution is 9.10. The molecule has 22 heavy (non-hydrogen) atoms. The highest BCUT2D eigenvalue weighted by atomic mass is 79.9. The molecule has 0 saturated carbocycles. The summed E-state index contributed by atoms with van der Waals surface area (Å²) in [4.78, 5) is 18.0. The number of pyridine rings is 1. The molecule has 1 aliphatic heterocycles. The van der Waals surface area contributed by atoms with E-state index in [9.17, 15) is 4.79 Å². The molecule has 1 saturated heterocycles. The number of rotatable bonds is 3. The topological polar surface area (TPSA) is 54.5 Å². The molecule has 0 bridgehead atoms. The molecule has 5 nitrogen and oxygen atoms in total. The van der Waals surface area contributed by atoms with Gasteiger partial charge >= 0.3 is 6.03 Å². The fourth-order valence-corrected chi connectivity index (χ4v) is 2.57. The van der Waals surface area contributed by atoms with Crippen LogP contribution in [0.2, 0.25) is 0 Å². The van der Waals surface area contributed by atoms with Gasteiger partial charge in [-0.05, 0) is 52.7 Å². The third-order valence-electron chi connectivity index (χ3n) is 3.41. The number of hydrogen-bond acceptors (Lipinski definition) is 3. The smallest absolute Gasteiger partial charge is 0.322 e. The molecule has 0 radical (unpaired) electrons. The van der Waals surface area contributed by atoms with E-state index in [1.165, 1.54) is 0 Å². The molecule has 0 aliphatic carbocycles. The highest BCUT2D eigenvalue weighted by Crippen LogP contribution is 2.24. The molecule has 0 atom stereocenters. The van der Waals surface area contributed by atoms with E-state index in [2.05, 4.69) is 26.2 Å². The minimum Gasteiger partial charge on any atom is -0.470 e. The predicted octanol–water partition coefficient (Wildman–Crippen LogP) is 3.45. The van der Waals surface area contributed by atoms with Gasteiger partial charge in [-0.25, -0.2) is 9.78 Å². The van der Waals surface area contributed by atoms with Gasteiger partial charge in [0.15, 0.2) is 0 Å². The van der Waals surface area contributed by atoms with Gasteiger partial charge in [-0.1, -0.05) is 12.1 Å². The molecule has 2 amide bonds. The van der Waals surface area contributed by atoms with Crippen molar-refractivity contribution in [2.24, 2.45) is 0 Å². The molecule has 2 heterocycles. The van der Waals surface area contributed by atoms with Crippen LogP contribution in [0, 0.1) is 6.92 Å². The molecular weight excluding hydrogens is 346 g/mol. The largest absolute Gasteiger partial charge is 0.470 e. The number of nitrogens with zero attached hydrogens (tertiary/aromatic N) is 2. The van der Waals surface area contributed by atoms with Crippen LogP contribution in [-0.2, 0) is 0 Å². The number of hydrogen-bond donors (Lipinski definition) is 1. The summed E-state index contributed by atoms with van der Waals surface area (Å²) in [5, 5.41) is 2.89. The molecule has 2 aromatic rings. The van der Waals surface area contributed by atoms with Crippen molar-refractivity contribution in [1.29, 1.82) is 0 Å². The van der Waals surface area contributed by atoms with Gasteiger partial charge in [-0.3, -0.25) is 0 Å². The molecule has 1 aliphatic rings. The number of aromatic nitrogens is 1. The number of likely N-dealkylation sites (tertiary alicyclic amines) is 1. The second-order valence-electron chi connectivity index (χ2n) is 5.23. The normalized spacial score (nSPS) is 14.4. The Labute approximate surface area is 137 Å². The predicted molar refractivity (Wildman–Crippen MR) is 88.1 cm³/mol. The first-order valence-electron chi connectivity index (χ1n) is 7.01. The lowest BCUT2D eigenvalue weighted by Gasteiger charge is -2.38. The minimum atomic E-state index is -0.106. The maximum absolute atomic E-state index is 12.1. The lowest BCUT2D eigenvalue weighted by molar-refractivity contribution is 0.0455. The van der Waals surface area contributed by atoms with Crippen LogP contribution in [0.15, 0.2) is 47.1 Å². The van der Waals surface area contributed by atoms with E-state index in [1.54, 1.807) is 11.1 Å². The maximum atomic E-state index is 12.1. The third-order valence-corrected chi connectivity index (χ3v) is 4.01. The van der Waals surface area contributed by atoms with E-state index >= 15 is 0 Å². The summed E-state index contributed by atoms with van der Waals surface area (Å²) in [7, 11) is 0. The Kier molecular flexibility index (Phi) is 4.29. The number of anilines is 1. The summed E-state index contributed by atoms with van der Waals surface area (Å²) in [6.07, 6.45) is 1.66. The second-order valence-corrected chi connectivity index (χ2v) is 6.09. The summed E-state index contributed by atoms with van der Waals surface area (Å²) in [5.74, 6) is 0.561. The zero-order chi connectivity index (χ0) is 15.5. The zero-order valence-electron chi connectivity index (χ0n) is 12.1. The average molecular weight is 362 g/mol. The fraction of sp³-hybridized carbons (Fsp3) is 0.250. The number of carbonyl (C=O) groups excluding carboxylic acids is 1. The summed E-state index contributed by atoms with van der Waals surface area (Å²) >= 11 is 3.39. The van der Waals surface area contributed by atoms with Gasteiger partial charge in [-0.2, -0.15) is 0 Å². The molecule has 1 N–H and O–H groups in total. The number of halogens is 1. The molecule has 1 aromatic carbocycles. The number of amides is 2. The number of urea groups is 1. The Morgan fingerprint density at radius 1 is 1.36 bits per heavy atom. The van der Waals surface area contributed by atoms with Crippen LogP contribution < -0.4 is 10.1 Å². The van der Waals surface area contributed by atoms with Crippen LogP contribution in [0.25, 0.3) is 0 Å². The Morgan fingerprint density at radius 3 is 2.91 bits per heavy atom. The zero-order valence-corrected chi connectivity index (χ0v) is 13.7. The van der Waals surface area contributed by atoms with Crippen molar-refractivity contribution in [3.63, 3.8) is 0 Å². The van der Waals surface area contributed by atoms with Crippen molar-refractivity contribution in [1.82, 2.24) is 9.88 Å². The van der Waals surface area contributed by atoms with E-state index in [0.717, 1.165) is 15.7 Å². The van der Waals surface area contributed by atoms with E-state index in [4.69, 9.17) is 4.74 Å². The summed E-state index contributed by atoms with van der Waals surface area (Å²) in [5.41, 5.74) is 1.92. The van der Waals surface area contributed by atoms with Crippen LogP contribution in [0.5, 0.6) is 5.88 Å². The van der Waals surface area contributed by atoms with Gasteiger partial charge in [0.1, 0.15) is 6.10 Å². The SMILES string of the molecule is Cc1cccc(NC(=O)N2CC(Oc3ncccc3Br)C2)c1. The monoisotopic (exact) mass is 361 g/mol. The molecule has 6 heteroatoms. The van der Waals surface area contributed by atoms with Crippen LogP contribution in [0.4, 0.5) is 10.5 Å². The first-order valence-corrected chi connectivity index (χ1v) is 7.81. The van der Waals surface area contributed by atoms with Gasteiger partial charge in [0.2, 0.25) is 5.88 Å². The van der Waals surface area contributed by atoms with Gasteiger partial charge in [0.25, 0.3) is 0 Å². The molecule has 1 aromatic heterocycles. The summed E-state index contributed by atoms with van der Waals surface area (Å²) in [6.45, 7) is 3.11. The first kappa shape index (κ1) is 14.8. The molecule has 3 rings (SSSR count). The van der Waals surface area contributed by atoms with E-state index in [0.29, 0.717) is 19.0 Å². The van der Waals surface area contributed by atoms with E-state index < -0.39 is 0 Å². The van der Waals surface area contributed by atoms with E-state index in [1.807, 2.05) is 43.3 Å². The Bertz CT molecular complexity index is 687. The molecule has 0 spiro atoms. The summed E-state index contributed by atoms with van der Waals surface area (Å²) in [6, 6.07) is 11.3. The van der Waals surface area contributed by atoms with Gasteiger partial charge in [0, 0.05) is 11.9 Å². The molecule has 0 unspecified atom stereocenters. The quantitative estimate of drug-likeness (QED) is 0.910. The minimum absolute atomic E-state index is 0.0190. The highest BCUT2D eigenvalue weighted by Gasteiger charge is 2.33. The molecule has 1 fully saturated rings. The Balaban J connectivity index is 1.51. The Hall–Kier alpha value is -2.08. The molecular formula is C16H16BrN3O2. The van der Waals surface area contributed by atoms with Gasteiger partial charge in [0.05, 0.1) is 17.6 Å². The lowest BCUT2D eigenvalue weighted by atomic mass is 10.2. The molecule has 114 valence electrons. The van der Waals surface area contributed by atoms with Crippen LogP contribution in [-0.4, -0.2) is 35.1 Å². The van der Waals surface area contributed by atoms with Crippen molar-refractivity contribution >= 4 is 27.6 Å². The van der Waals surface area contributed by atoms with Crippen LogP contribution >= 0.6 is 15.9 Å². The first-order chi connectivity index (χ1) is 10.6. The van der Waals surface area contributed by atoms with Gasteiger partial charge in [-0.15, -0.1) is 0 Å². The number of nitrogens with one attached hydrogen (secondary N) is 1. The van der Waals surface area contributed by atoms with Crippen LogP contribution in [0.3, 0.4) is 0 Å². The number of carbonyl (C=O) groups is 1. The van der Waals surface area contributed by atoms with Crippen molar-refractivity contribution in [2.45, 2.75) is 13.0 Å². The second kappa shape index (κ2) is 6.36. The summed E-state index contributed by atoms with van der Waals surface area (Å²) < 4.78 is 6.57. The maximum Gasteiger partial charge on any atom is 0.322 e. The van der Waals surface area contributed by atoms with Gasteiger partial charge < -0.3 is 15.0 Å². The van der Waals surface area contributed by atoms with Crippen molar-refractivity contribution in [3.8, 4) is 5.88 Å². The van der Waals surface area contributed by atoms with Crippen molar-refractivity contribution in [2.75, 3.05) is 18.4 Å². The number of ether oxygens (including phenoxy) is 1.